The first-order chi connectivity index (χ1) is 20.8. The lowest BCUT2D eigenvalue weighted by atomic mass is 10.2. The molecule has 2 aliphatic heterocycles. The molecule has 4 aromatic rings. The Bertz CT molecular complexity index is 1770. The first kappa shape index (κ1) is 29.4. The van der Waals surface area contributed by atoms with Gasteiger partial charge in [0.1, 0.15) is 0 Å². The van der Waals surface area contributed by atoms with E-state index in [9.17, 15) is 18.0 Å². The molecule has 1 aromatic heterocycles. The van der Waals surface area contributed by atoms with Gasteiger partial charge in [-0.3, -0.25) is 14.2 Å². The third-order valence-corrected chi connectivity index (χ3v) is 10.6. The molecule has 0 saturated carbocycles. The summed E-state index contributed by atoms with van der Waals surface area (Å²) in [7, 11) is -3.57. The van der Waals surface area contributed by atoms with E-state index in [4.69, 9.17) is 11.6 Å². The monoisotopic (exact) mass is 636 g/mol. The van der Waals surface area contributed by atoms with E-state index in [2.05, 4.69) is 15.5 Å². The number of halogens is 1. The van der Waals surface area contributed by atoms with Gasteiger partial charge >= 0.3 is 0 Å². The minimum absolute atomic E-state index is 0.0272. The van der Waals surface area contributed by atoms with Crippen LogP contribution >= 0.6 is 23.4 Å². The maximum atomic E-state index is 13.2. The molecule has 0 spiro atoms. The van der Waals surface area contributed by atoms with E-state index in [1.165, 1.54) is 40.3 Å². The van der Waals surface area contributed by atoms with Crippen LogP contribution in [0, 0.1) is 0 Å². The molecule has 0 unspecified atom stereocenters. The minimum Gasteiger partial charge on any atom is -0.345 e. The molecule has 6 rings (SSSR count). The van der Waals surface area contributed by atoms with E-state index in [1.807, 2.05) is 30.3 Å². The van der Waals surface area contributed by atoms with Crippen LogP contribution in [0.1, 0.15) is 34.6 Å². The Kier molecular flexibility index (Phi) is 8.53. The Morgan fingerprint density at radius 2 is 1.70 bits per heavy atom. The molecule has 10 nitrogen and oxygen atoms in total. The molecule has 222 valence electrons. The van der Waals surface area contributed by atoms with Crippen molar-refractivity contribution in [3.05, 3.63) is 94.8 Å². The highest BCUT2D eigenvalue weighted by Gasteiger charge is 2.28. The maximum Gasteiger partial charge on any atom is 0.251 e. The van der Waals surface area contributed by atoms with Gasteiger partial charge in [0.25, 0.3) is 5.91 Å². The normalized spacial score (nSPS) is 15.0. The zero-order chi connectivity index (χ0) is 30.0. The van der Waals surface area contributed by atoms with Crippen molar-refractivity contribution in [2.24, 2.45) is 0 Å². The number of carbonyl (C=O) groups excluding carboxylic acids is 2. The van der Waals surface area contributed by atoms with E-state index in [-0.39, 0.29) is 29.0 Å². The van der Waals surface area contributed by atoms with Gasteiger partial charge < -0.3 is 10.2 Å². The van der Waals surface area contributed by atoms with Crippen molar-refractivity contribution >= 4 is 50.9 Å². The average Bonchev–Trinajstić information content (AvgIpc) is 3.79. The predicted molar refractivity (Wildman–Crippen MR) is 165 cm³/mol. The molecule has 0 radical (unpaired) electrons. The molecule has 0 aliphatic carbocycles. The van der Waals surface area contributed by atoms with Crippen LogP contribution in [-0.2, 0) is 27.8 Å². The molecule has 13 heteroatoms. The number of fused-ring (bicyclic) bond motifs is 1. The Labute approximate surface area is 259 Å². The quantitative estimate of drug-likeness (QED) is 0.272. The van der Waals surface area contributed by atoms with Gasteiger partial charge in [-0.2, -0.15) is 4.31 Å². The second kappa shape index (κ2) is 12.5. The lowest BCUT2D eigenvalue weighted by Gasteiger charge is -2.17. The van der Waals surface area contributed by atoms with Crippen molar-refractivity contribution in [3.63, 3.8) is 0 Å². The van der Waals surface area contributed by atoms with Crippen LogP contribution in [0.15, 0.2) is 82.8 Å². The van der Waals surface area contributed by atoms with Crippen molar-refractivity contribution in [1.82, 2.24) is 24.4 Å². The molecule has 3 heterocycles. The number of sulfonamides is 1. The van der Waals surface area contributed by atoms with Gasteiger partial charge in [0.05, 0.1) is 22.9 Å². The highest BCUT2D eigenvalue weighted by atomic mass is 35.5. The maximum absolute atomic E-state index is 13.2. The smallest absolute Gasteiger partial charge is 0.251 e. The Balaban J connectivity index is 1.16. The van der Waals surface area contributed by atoms with Gasteiger partial charge in [-0.15, -0.1) is 10.2 Å². The third kappa shape index (κ3) is 6.19. The number of rotatable bonds is 9. The number of hydrogen-bond acceptors (Lipinski definition) is 7. The summed E-state index contributed by atoms with van der Waals surface area (Å²) in [5, 5.41) is 12.5. The zero-order valence-corrected chi connectivity index (χ0v) is 25.5. The van der Waals surface area contributed by atoms with Crippen molar-refractivity contribution < 1.29 is 18.0 Å². The van der Waals surface area contributed by atoms with Crippen LogP contribution in [0.2, 0.25) is 5.02 Å². The van der Waals surface area contributed by atoms with Crippen LogP contribution in [-0.4, -0.2) is 64.7 Å². The minimum atomic E-state index is -3.57. The summed E-state index contributed by atoms with van der Waals surface area (Å²) in [5.74, 6) is 0.195. The molecule has 2 amide bonds. The number of carbonyl (C=O) groups is 2. The molecule has 0 bridgehead atoms. The lowest BCUT2D eigenvalue weighted by Crippen LogP contribution is -2.30. The fourth-order valence-corrected chi connectivity index (χ4v) is 7.85. The summed E-state index contributed by atoms with van der Waals surface area (Å²) in [5.41, 5.74) is 3.11. The van der Waals surface area contributed by atoms with E-state index in [0.717, 1.165) is 30.5 Å². The summed E-state index contributed by atoms with van der Waals surface area (Å²) in [6, 6.07) is 21.0. The van der Waals surface area contributed by atoms with E-state index in [0.29, 0.717) is 46.9 Å². The molecule has 1 fully saturated rings. The van der Waals surface area contributed by atoms with Crippen LogP contribution in [0.3, 0.4) is 0 Å². The molecule has 0 atom stereocenters. The van der Waals surface area contributed by atoms with Gasteiger partial charge in [0.2, 0.25) is 15.9 Å². The fraction of sp³-hybridized carbons (Fsp3) is 0.267. The molecule has 1 N–H and O–H groups in total. The largest absolute Gasteiger partial charge is 0.345 e. The molecule has 2 aliphatic rings. The summed E-state index contributed by atoms with van der Waals surface area (Å²) < 4.78 is 28.9. The van der Waals surface area contributed by atoms with Crippen LogP contribution in [0.5, 0.6) is 0 Å². The number of benzene rings is 3. The van der Waals surface area contributed by atoms with E-state index < -0.39 is 10.0 Å². The second-order valence-electron chi connectivity index (χ2n) is 10.2. The summed E-state index contributed by atoms with van der Waals surface area (Å²) in [6.07, 6.45) is 2.53. The fourth-order valence-electron chi connectivity index (χ4n) is 5.30. The SMILES string of the molecule is O=C(NCc1nnc(SCC(=O)N2CCc3ccccc32)n1-c1cccc(Cl)c1)c1ccc(S(=O)(=O)N2CCCC2)cc1. The first-order valence-corrected chi connectivity index (χ1v) is 16.7. The van der Waals surface area contributed by atoms with Gasteiger partial charge in [-0.05, 0) is 73.4 Å². The standard InChI is InChI=1S/C30H29ClN6O4S2/c31-23-7-5-8-24(18-23)37-27(33-34-30(37)42-20-28(38)36-17-14-21-6-1-2-9-26(21)36)19-32-29(39)22-10-12-25(13-11-22)43(40,41)35-15-3-4-16-35/h1-2,5-13,18H,3-4,14-17,19-20H2,(H,32,39). The predicted octanol–water partition coefficient (Wildman–Crippen LogP) is 4.32. The Morgan fingerprint density at radius 3 is 2.47 bits per heavy atom. The van der Waals surface area contributed by atoms with E-state index in [1.54, 1.807) is 27.7 Å². The van der Waals surface area contributed by atoms with Crippen LogP contribution in [0.4, 0.5) is 5.69 Å². The number of para-hydroxylation sites is 1. The number of aromatic nitrogens is 3. The van der Waals surface area contributed by atoms with E-state index >= 15 is 0 Å². The first-order valence-electron chi connectivity index (χ1n) is 13.9. The molecular weight excluding hydrogens is 608 g/mol. The summed E-state index contributed by atoms with van der Waals surface area (Å²) in [4.78, 5) is 28.1. The molecule has 43 heavy (non-hydrogen) atoms. The second-order valence-corrected chi connectivity index (χ2v) is 13.6. The Hall–Kier alpha value is -3.71. The summed E-state index contributed by atoms with van der Waals surface area (Å²) >= 11 is 7.55. The number of thioether (sulfide) groups is 1. The number of hydrogen-bond donors (Lipinski definition) is 1. The highest BCUT2D eigenvalue weighted by Crippen LogP contribution is 2.30. The number of nitrogens with one attached hydrogen (secondary N) is 1. The van der Waals surface area contributed by atoms with Gasteiger partial charge in [-0.1, -0.05) is 47.6 Å². The van der Waals surface area contributed by atoms with Crippen molar-refractivity contribution in [2.45, 2.75) is 35.9 Å². The highest BCUT2D eigenvalue weighted by molar-refractivity contribution is 7.99. The Morgan fingerprint density at radius 1 is 0.930 bits per heavy atom. The van der Waals surface area contributed by atoms with Gasteiger partial charge in [0, 0.05) is 35.9 Å². The molecule has 1 saturated heterocycles. The van der Waals surface area contributed by atoms with Crippen LogP contribution in [0.25, 0.3) is 5.69 Å². The van der Waals surface area contributed by atoms with Gasteiger partial charge in [-0.25, -0.2) is 8.42 Å². The summed E-state index contributed by atoms with van der Waals surface area (Å²) in [6.45, 7) is 1.71. The van der Waals surface area contributed by atoms with Crippen molar-refractivity contribution in [3.8, 4) is 5.69 Å². The third-order valence-electron chi connectivity index (χ3n) is 7.51. The molecule has 3 aromatic carbocycles. The zero-order valence-electron chi connectivity index (χ0n) is 23.1. The number of anilines is 1. The lowest BCUT2D eigenvalue weighted by molar-refractivity contribution is -0.116. The van der Waals surface area contributed by atoms with Crippen LogP contribution < -0.4 is 10.2 Å². The average molecular weight is 637 g/mol. The number of nitrogens with zero attached hydrogens (tertiary/aromatic N) is 5. The van der Waals surface area contributed by atoms with Gasteiger partial charge in [0.15, 0.2) is 11.0 Å². The topological polar surface area (TPSA) is 117 Å². The molecular formula is C30H29ClN6O4S2. The van der Waals surface area contributed by atoms with Crippen molar-refractivity contribution in [2.75, 3.05) is 30.3 Å². The number of amides is 2. The van der Waals surface area contributed by atoms with Crippen molar-refractivity contribution in [1.29, 1.82) is 0 Å².